The lowest BCUT2D eigenvalue weighted by atomic mass is 10.0. The summed E-state index contributed by atoms with van der Waals surface area (Å²) < 4.78 is 5.02. The number of piperidine rings is 1. The molecule has 2 rings (SSSR count). The van der Waals surface area contributed by atoms with Gasteiger partial charge in [0.05, 0.1) is 7.11 Å². The first-order valence-electron chi connectivity index (χ1n) is 6.95. The van der Waals surface area contributed by atoms with E-state index in [2.05, 4.69) is 5.32 Å². The third-order valence-corrected chi connectivity index (χ3v) is 3.78. The quantitative estimate of drug-likeness (QED) is 0.876. The maximum Gasteiger partial charge on any atom is 0.219 e. The molecule has 0 saturated carbocycles. The van der Waals surface area contributed by atoms with Gasteiger partial charge in [-0.25, -0.2) is 0 Å². The largest absolute Gasteiger partial charge is 0.504 e. The highest BCUT2D eigenvalue weighted by molar-refractivity contribution is 5.73. The summed E-state index contributed by atoms with van der Waals surface area (Å²) in [5.74, 6) is 0.810. The van der Waals surface area contributed by atoms with E-state index < -0.39 is 0 Å². The molecular formula is C15H22N2O3. The average molecular weight is 278 g/mol. The smallest absolute Gasteiger partial charge is 0.219 e. The molecule has 0 aliphatic carbocycles. The number of rotatable bonds is 4. The first-order valence-corrected chi connectivity index (χ1v) is 6.95. The van der Waals surface area contributed by atoms with Crippen LogP contribution in [0.3, 0.4) is 0 Å². The van der Waals surface area contributed by atoms with E-state index >= 15 is 0 Å². The number of aromatic hydroxyl groups is 1. The van der Waals surface area contributed by atoms with Crippen LogP contribution in [0.4, 0.5) is 0 Å². The maximum absolute atomic E-state index is 11.2. The van der Waals surface area contributed by atoms with Crippen LogP contribution in [0.1, 0.15) is 25.3 Å². The molecule has 110 valence electrons. The van der Waals surface area contributed by atoms with Gasteiger partial charge in [0.15, 0.2) is 11.5 Å². The Morgan fingerprint density at radius 3 is 2.70 bits per heavy atom. The molecule has 0 spiro atoms. The van der Waals surface area contributed by atoms with Gasteiger partial charge in [-0.05, 0) is 30.5 Å². The van der Waals surface area contributed by atoms with E-state index in [0.29, 0.717) is 18.3 Å². The SMILES string of the molecule is COc1ccc(CNC2CCN(C(C)=O)CC2)cc1O. The van der Waals surface area contributed by atoms with Crippen LogP contribution >= 0.6 is 0 Å². The molecule has 20 heavy (non-hydrogen) atoms. The summed E-state index contributed by atoms with van der Waals surface area (Å²) in [5.41, 5.74) is 1.03. The van der Waals surface area contributed by atoms with E-state index in [9.17, 15) is 9.90 Å². The van der Waals surface area contributed by atoms with Crippen molar-refractivity contribution in [3.05, 3.63) is 23.8 Å². The van der Waals surface area contributed by atoms with Crippen LogP contribution < -0.4 is 10.1 Å². The maximum atomic E-state index is 11.2. The van der Waals surface area contributed by atoms with E-state index in [4.69, 9.17) is 4.74 Å². The van der Waals surface area contributed by atoms with Crippen molar-refractivity contribution in [2.75, 3.05) is 20.2 Å². The molecule has 1 fully saturated rings. The van der Waals surface area contributed by atoms with Crippen molar-refractivity contribution in [2.45, 2.75) is 32.4 Å². The molecule has 1 aromatic carbocycles. The second kappa shape index (κ2) is 6.61. The lowest BCUT2D eigenvalue weighted by Crippen LogP contribution is -2.43. The minimum Gasteiger partial charge on any atom is -0.504 e. The lowest BCUT2D eigenvalue weighted by molar-refractivity contribution is -0.129. The van der Waals surface area contributed by atoms with Gasteiger partial charge in [-0.2, -0.15) is 0 Å². The van der Waals surface area contributed by atoms with Crippen LogP contribution in [0.2, 0.25) is 0 Å². The van der Waals surface area contributed by atoms with Gasteiger partial charge in [-0.1, -0.05) is 6.07 Å². The Balaban J connectivity index is 1.81. The molecule has 0 aromatic heterocycles. The van der Waals surface area contributed by atoms with Gasteiger partial charge in [-0.15, -0.1) is 0 Å². The van der Waals surface area contributed by atoms with E-state index in [1.807, 2.05) is 11.0 Å². The normalized spacial score (nSPS) is 16.2. The van der Waals surface area contributed by atoms with Gasteiger partial charge in [0.2, 0.25) is 5.91 Å². The van der Waals surface area contributed by atoms with Crippen LogP contribution in [0.25, 0.3) is 0 Å². The summed E-state index contributed by atoms with van der Waals surface area (Å²) >= 11 is 0. The van der Waals surface area contributed by atoms with Crippen molar-refractivity contribution in [1.29, 1.82) is 0 Å². The molecule has 2 N–H and O–H groups in total. The number of methoxy groups -OCH3 is 1. The molecule has 1 heterocycles. The molecule has 1 saturated heterocycles. The number of hydrogen-bond acceptors (Lipinski definition) is 4. The third kappa shape index (κ3) is 3.63. The van der Waals surface area contributed by atoms with Crippen molar-refractivity contribution in [3.63, 3.8) is 0 Å². The zero-order valence-corrected chi connectivity index (χ0v) is 12.1. The van der Waals surface area contributed by atoms with E-state index in [1.54, 1.807) is 19.1 Å². The van der Waals surface area contributed by atoms with Gasteiger partial charge in [0, 0.05) is 32.6 Å². The van der Waals surface area contributed by atoms with Crippen LogP contribution in [-0.4, -0.2) is 42.2 Å². The molecule has 1 aliphatic heterocycles. The third-order valence-electron chi connectivity index (χ3n) is 3.78. The van der Waals surface area contributed by atoms with Crippen LogP contribution in [0.5, 0.6) is 11.5 Å². The number of phenolic OH excluding ortho intramolecular Hbond substituents is 1. The fourth-order valence-electron chi connectivity index (χ4n) is 2.51. The fraction of sp³-hybridized carbons (Fsp3) is 0.533. The zero-order valence-electron chi connectivity index (χ0n) is 12.1. The molecule has 0 bridgehead atoms. The van der Waals surface area contributed by atoms with E-state index in [0.717, 1.165) is 31.5 Å². The van der Waals surface area contributed by atoms with Crippen LogP contribution in [-0.2, 0) is 11.3 Å². The van der Waals surface area contributed by atoms with Gasteiger partial charge >= 0.3 is 0 Å². The Morgan fingerprint density at radius 1 is 1.45 bits per heavy atom. The molecule has 0 radical (unpaired) electrons. The van der Waals surface area contributed by atoms with E-state index in [1.165, 1.54) is 7.11 Å². The predicted molar refractivity (Wildman–Crippen MR) is 76.8 cm³/mol. The first-order chi connectivity index (χ1) is 9.60. The number of ether oxygens (including phenoxy) is 1. The first kappa shape index (κ1) is 14.7. The predicted octanol–water partition coefficient (Wildman–Crippen LogP) is 1.50. The van der Waals surface area contributed by atoms with Crippen molar-refractivity contribution in [1.82, 2.24) is 10.2 Å². The average Bonchev–Trinajstić information content (AvgIpc) is 2.45. The Bertz CT molecular complexity index is 468. The fourth-order valence-corrected chi connectivity index (χ4v) is 2.51. The van der Waals surface area contributed by atoms with Crippen molar-refractivity contribution in [2.24, 2.45) is 0 Å². The summed E-state index contributed by atoms with van der Waals surface area (Å²) in [6.07, 6.45) is 1.95. The molecule has 5 nitrogen and oxygen atoms in total. The monoisotopic (exact) mass is 278 g/mol. The van der Waals surface area contributed by atoms with Crippen LogP contribution in [0, 0.1) is 0 Å². The highest BCUT2D eigenvalue weighted by atomic mass is 16.5. The number of carbonyl (C=O) groups is 1. The Hall–Kier alpha value is -1.75. The number of hydrogen-bond donors (Lipinski definition) is 2. The standard InChI is InChI=1S/C15H22N2O3/c1-11(18)17-7-5-13(6-8-17)16-10-12-3-4-15(20-2)14(19)9-12/h3-4,9,13,16,19H,5-8,10H2,1-2H3. The van der Waals surface area contributed by atoms with Gasteiger partial charge in [-0.3, -0.25) is 4.79 Å². The summed E-state index contributed by atoms with van der Waals surface area (Å²) in [7, 11) is 1.54. The van der Waals surface area contributed by atoms with Gasteiger partial charge < -0.3 is 20.1 Å². The number of phenols is 1. The minimum absolute atomic E-state index is 0.156. The summed E-state index contributed by atoms with van der Waals surface area (Å²) in [6, 6.07) is 5.85. The van der Waals surface area contributed by atoms with Gasteiger partial charge in [0.1, 0.15) is 0 Å². The van der Waals surface area contributed by atoms with Crippen molar-refractivity contribution < 1.29 is 14.6 Å². The molecule has 5 heteroatoms. The molecule has 1 aromatic rings. The molecule has 0 unspecified atom stereocenters. The highest BCUT2D eigenvalue weighted by Gasteiger charge is 2.20. The van der Waals surface area contributed by atoms with Crippen molar-refractivity contribution in [3.8, 4) is 11.5 Å². The Kier molecular flexibility index (Phi) is 4.84. The topological polar surface area (TPSA) is 61.8 Å². The summed E-state index contributed by atoms with van der Waals surface area (Å²) in [6.45, 7) is 3.97. The second-order valence-electron chi connectivity index (χ2n) is 5.17. The Labute approximate surface area is 119 Å². The number of amides is 1. The highest BCUT2D eigenvalue weighted by Crippen LogP contribution is 2.26. The van der Waals surface area contributed by atoms with E-state index in [-0.39, 0.29) is 11.7 Å². The molecular weight excluding hydrogens is 256 g/mol. The minimum atomic E-state index is 0.156. The van der Waals surface area contributed by atoms with Gasteiger partial charge in [0.25, 0.3) is 0 Å². The summed E-state index contributed by atoms with van der Waals surface area (Å²) in [5, 5.41) is 13.2. The number of nitrogens with one attached hydrogen (secondary N) is 1. The molecule has 1 amide bonds. The van der Waals surface area contributed by atoms with Crippen LogP contribution in [0.15, 0.2) is 18.2 Å². The number of benzene rings is 1. The molecule has 1 aliphatic rings. The zero-order chi connectivity index (χ0) is 14.5. The number of nitrogens with zero attached hydrogens (tertiary/aromatic N) is 1. The lowest BCUT2D eigenvalue weighted by Gasteiger charge is -2.31. The summed E-state index contributed by atoms with van der Waals surface area (Å²) in [4.78, 5) is 13.1. The number of likely N-dealkylation sites (tertiary alicyclic amines) is 1. The number of carbonyl (C=O) groups excluding carboxylic acids is 1. The molecule has 0 atom stereocenters. The Morgan fingerprint density at radius 2 is 2.15 bits per heavy atom. The van der Waals surface area contributed by atoms with Crippen molar-refractivity contribution >= 4 is 5.91 Å². The second-order valence-corrected chi connectivity index (χ2v) is 5.17.